The Kier molecular flexibility index (Phi) is 6.81. The summed E-state index contributed by atoms with van der Waals surface area (Å²) >= 11 is 4.19. The van der Waals surface area contributed by atoms with Crippen molar-refractivity contribution < 1.29 is 14.3 Å². The molecule has 0 atom stereocenters. The minimum Gasteiger partial charge on any atom is -0.410 e. The van der Waals surface area contributed by atoms with E-state index in [-0.39, 0.29) is 0 Å². The summed E-state index contributed by atoms with van der Waals surface area (Å²) in [5, 5.41) is 5.18. The topological polar surface area (TPSA) is 109 Å². The first-order chi connectivity index (χ1) is 14.5. The van der Waals surface area contributed by atoms with Crippen LogP contribution in [0.3, 0.4) is 0 Å². The SMILES string of the molecule is C=CCNC(=O)N(S)c1ccc2ncc(-c3ccc(OC(=O)NCC)cc3)nc2n1. The molecule has 0 bridgehead atoms. The van der Waals surface area contributed by atoms with E-state index in [1.54, 1.807) is 48.7 Å². The minimum absolute atomic E-state index is 0.310. The summed E-state index contributed by atoms with van der Waals surface area (Å²) in [7, 11) is 0. The van der Waals surface area contributed by atoms with E-state index >= 15 is 0 Å². The molecule has 0 saturated heterocycles. The Labute approximate surface area is 178 Å². The molecule has 10 heteroatoms. The highest BCUT2D eigenvalue weighted by Gasteiger charge is 2.14. The Morgan fingerprint density at radius 1 is 1.17 bits per heavy atom. The molecule has 30 heavy (non-hydrogen) atoms. The van der Waals surface area contributed by atoms with Gasteiger partial charge in [-0.2, -0.15) is 0 Å². The number of amides is 3. The molecular formula is C20H20N6O3S. The summed E-state index contributed by atoms with van der Waals surface area (Å²) in [6, 6.07) is 9.77. The molecule has 154 valence electrons. The molecule has 2 N–H and O–H groups in total. The molecule has 2 aromatic heterocycles. The van der Waals surface area contributed by atoms with Gasteiger partial charge in [-0.15, -0.1) is 6.58 Å². The first kappa shape index (κ1) is 21.1. The van der Waals surface area contributed by atoms with E-state index in [2.05, 4.69) is 45.0 Å². The zero-order valence-corrected chi connectivity index (χ0v) is 17.1. The molecule has 0 aliphatic rings. The summed E-state index contributed by atoms with van der Waals surface area (Å²) in [5.74, 6) is 0.722. The zero-order chi connectivity index (χ0) is 21.5. The lowest BCUT2D eigenvalue weighted by molar-refractivity contribution is 0.201. The van der Waals surface area contributed by atoms with Gasteiger partial charge in [0.05, 0.1) is 11.9 Å². The van der Waals surface area contributed by atoms with Crippen molar-refractivity contribution >= 4 is 41.9 Å². The van der Waals surface area contributed by atoms with Crippen LogP contribution in [0.5, 0.6) is 5.75 Å². The third-order valence-corrected chi connectivity index (χ3v) is 4.27. The molecule has 0 aliphatic carbocycles. The molecule has 2 heterocycles. The first-order valence-electron chi connectivity index (χ1n) is 9.09. The van der Waals surface area contributed by atoms with E-state index in [0.29, 0.717) is 41.5 Å². The molecular weight excluding hydrogens is 404 g/mol. The lowest BCUT2D eigenvalue weighted by atomic mass is 10.1. The van der Waals surface area contributed by atoms with Crippen molar-refractivity contribution in [2.75, 3.05) is 17.4 Å². The average molecular weight is 424 g/mol. The van der Waals surface area contributed by atoms with Gasteiger partial charge in [0.1, 0.15) is 17.1 Å². The molecule has 0 unspecified atom stereocenters. The molecule has 0 radical (unpaired) electrons. The van der Waals surface area contributed by atoms with Gasteiger partial charge in [0.2, 0.25) is 0 Å². The number of ether oxygens (including phenoxy) is 1. The number of fused-ring (bicyclic) bond motifs is 1. The molecule has 1 aromatic carbocycles. The molecule has 3 rings (SSSR count). The summed E-state index contributed by atoms with van der Waals surface area (Å²) < 4.78 is 6.24. The fourth-order valence-corrected chi connectivity index (χ4v) is 2.65. The fraction of sp³-hybridized carbons (Fsp3) is 0.150. The van der Waals surface area contributed by atoms with Gasteiger partial charge in [-0.3, -0.25) is 4.98 Å². The summed E-state index contributed by atoms with van der Waals surface area (Å²) in [6.07, 6.45) is 2.68. The standard InChI is InChI=1S/C20H20N6O3S/c1-3-11-22-19(27)26(30)17-10-9-15-18(25-17)24-16(12-23-15)13-5-7-14(8-6-13)29-20(28)21-4-2/h3,5-10,12,30H,1,4,11H2,2H3,(H,21,28)(H,22,27). The lowest BCUT2D eigenvalue weighted by Crippen LogP contribution is -2.34. The Balaban J connectivity index is 1.82. The smallest absolute Gasteiger partial charge is 0.410 e. The maximum atomic E-state index is 12.1. The Hall–Kier alpha value is -3.66. The fourth-order valence-electron chi connectivity index (χ4n) is 2.46. The summed E-state index contributed by atoms with van der Waals surface area (Å²) in [6.45, 7) is 6.16. The molecule has 3 amide bonds. The predicted molar refractivity (Wildman–Crippen MR) is 118 cm³/mol. The number of pyridine rings is 1. The van der Waals surface area contributed by atoms with Crippen LogP contribution >= 0.6 is 12.8 Å². The van der Waals surface area contributed by atoms with Crippen LogP contribution < -0.4 is 19.7 Å². The number of rotatable bonds is 6. The van der Waals surface area contributed by atoms with Gasteiger partial charge in [0, 0.05) is 18.7 Å². The third kappa shape index (κ3) is 5.03. The second-order valence-corrected chi connectivity index (χ2v) is 6.40. The van der Waals surface area contributed by atoms with Crippen molar-refractivity contribution in [3.63, 3.8) is 0 Å². The summed E-state index contributed by atoms with van der Waals surface area (Å²) in [4.78, 5) is 36.8. The van der Waals surface area contributed by atoms with E-state index in [4.69, 9.17) is 4.74 Å². The highest BCUT2D eigenvalue weighted by Crippen LogP contribution is 2.23. The third-order valence-electron chi connectivity index (χ3n) is 3.88. The second kappa shape index (κ2) is 9.70. The van der Waals surface area contributed by atoms with E-state index in [1.807, 2.05) is 6.92 Å². The number of thiol groups is 1. The van der Waals surface area contributed by atoms with Crippen molar-refractivity contribution in [1.82, 2.24) is 25.6 Å². The number of hydrogen-bond donors (Lipinski definition) is 3. The van der Waals surface area contributed by atoms with Crippen molar-refractivity contribution in [3.05, 3.63) is 55.3 Å². The molecule has 0 fully saturated rings. The van der Waals surface area contributed by atoms with Gasteiger partial charge in [-0.1, -0.05) is 18.9 Å². The van der Waals surface area contributed by atoms with Crippen LogP contribution in [0.4, 0.5) is 15.4 Å². The van der Waals surface area contributed by atoms with Crippen LogP contribution in [0.25, 0.3) is 22.4 Å². The number of nitrogens with one attached hydrogen (secondary N) is 2. The van der Waals surface area contributed by atoms with E-state index in [1.165, 1.54) is 0 Å². The predicted octanol–water partition coefficient (Wildman–Crippen LogP) is 3.35. The number of urea groups is 1. The highest BCUT2D eigenvalue weighted by molar-refractivity contribution is 7.82. The first-order valence-corrected chi connectivity index (χ1v) is 9.49. The Bertz CT molecular complexity index is 1070. The van der Waals surface area contributed by atoms with Crippen LogP contribution in [-0.4, -0.2) is 40.2 Å². The maximum Gasteiger partial charge on any atom is 0.412 e. The maximum absolute atomic E-state index is 12.1. The van der Waals surface area contributed by atoms with Crippen LogP contribution in [-0.2, 0) is 0 Å². The molecule has 0 aliphatic heterocycles. The Morgan fingerprint density at radius 2 is 1.93 bits per heavy atom. The minimum atomic E-state index is -0.513. The lowest BCUT2D eigenvalue weighted by Gasteiger charge is -2.15. The van der Waals surface area contributed by atoms with Gasteiger partial charge < -0.3 is 15.4 Å². The van der Waals surface area contributed by atoms with Crippen molar-refractivity contribution in [3.8, 4) is 17.0 Å². The highest BCUT2D eigenvalue weighted by atomic mass is 32.1. The second-order valence-electron chi connectivity index (χ2n) is 6.00. The average Bonchev–Trinajstić information content (AvgIpc) is 2.76. The monoisotopic (exact) mass is 424 g/mol. The number of benzene rings is 1. The normalized spacial score (nSPS) is 10.3. The number of carbonyl (C=O) groups is 2. The van der Waals surface area contributed by atoms with Crippen LogP contribution in [0.1, 0.15) is 6.92 Å². The van der Waals surface area contributed by atoms with Crippen LogP contribution in [0, 0.1) is 0 Å². The number of nitrogens with zero attached hydrogens (tertiary/aromatic N) is 4. The van der Waals surface area contributed by atoms with Gasteiger partial charge in [-0.05, 0) is 43.3 Å². The van der Waals surface area contributed by atoms with E-state index in [9.17, 15) is 9.59 Å². The number of anilines is 1. The molecule has 0 spiro atoms. The quantitative estimate of drug-likeness (QED) is 0.414. The largest absolute Gasteiger partial charge is 0.412 e. The summed E-state index contributed by atoms with van der Waals surface area (Å²) in [5.41, 5.74) is 2.29. The number of aromatic nitrogens is 3. The van der Waals surface area contributed by atoms with Crippen LogP contribution in [0.2, 0.25) is 0 Å². The van der Waals surface area contributed by atoms with Gasteiger partial charge in [-0.25, -0.2) is 23.9 Å². The van der Waals surface area contributed by atoms with Gasteiger partial charge >= 0.3 is 12.1 Å². The number of carbonyl (C=O) groups excluding carboxylic acids is 2. The van der Waals surface area contributed by atoms with Gasteiger partial charge in [0.25, 0.3) is 0 Å². The van der Waals surface area contributed by atoms with E-state index in [0.717, 1.165) is 9.87 Å². The molecule has 3 aromatic rings. The van der Waals surface area contributed by atoms with E-state index < -0.39 is 12.1 Å². The van der Waals surface area contributed by atoms with Crippen LogP contribution in [0.15, 0.2) is 55.3 Å². The number of hydrogen-bond acceptors (Lipinski definition) is 7. The molecule has 9 nitrogen and oxygen atoms in total. The van der Waals surface area contributed by atoms with Crippen molar-refractivity contribution in [2.45, 2.75) is 6.92 Å². The molecule has 0 saturated carbocycles. The van der Waals surface area contributed by atoms with Gasteiger partial charge in [0.15, 0.2) is 5.65 Å². The van der Waals surface area contributed by atoms with Crippen molar-refractivity contribution in [1.29, 1.82) is 0 Å². The van der Waals surface area contributed by atoms with Crippen molar-refractivity contribution in [2.24, 2.45) is 0 Å². The Morgan fingerprint density at radius 3 is 2.63 bits per heavy atom. The zero-order valence-electron chi connectivity index (χ0n) is 16.2.